The fourth-order valence-electron chi connectivity index (χ4n) is 2.65. The number of hydrogen-bond acceptors (Lipinski definition) is 3. The molecule has 5 heteroatoms. The Bertz CT molecular complexity index is 1060. The Hall–Kier alpha value is -3.16. The summed E-state index contributed by atoms with van der Waals surface area (Å²) in [6.45, 7) is 0. The van der Waals surface area contributed by atoms with E-state index in [0.717, 1.165) is 16.8 Å². The van der Waals surface area contributed by atoms with E-state index in [1.165, 1.54) is 0 Å². The first-order valence-corrected chi connectivity index (χ1v) is 7.74. The van der Waals surface area contributed by atoms with Gasteiger partial charge in [-0.2, -0.15) is 10.4 Å². The Morgan fingerprint density at radius 3 is 2.42 bits per heavy atom. The van der Waals surface area contributed by atoms with E-state index < -0.39 is 0 Å². The van der Waals surface area contributed by atoms with Gasteiger partial charge in [-0.05, 0) is 12.1 Å². The van der Waals surface area contributed by atoms with Crippen molar-refractivity contribution in [3.05, 3.63) is 77.4 Å². The molecule has 0 aliphatic heterocycles. The van der Waals surface area contributed by atoms with E-state index in [-0.39, 0.29) is 0 Å². The highest BCUT2D eigenvalue weighted by Crippen LogP contribution is 2.27. The van der Waals surface area contributed by atoms with Crippen LogP contribution >= 0.6 is 11.6 Å². The molecular weight excluding hydrogens is 320 g/mol. The fourth-order valence-corrected chi connectivity index (χ4v) is 2.78. The van der Waals surface area contributed by atoms with Crippen LogP contribution in [0, 0.1) is 11.3 Å². The van der Waals surface area contributed by atoms with Gasteiger partial charge in [0.25, 0.3) is 0 Å². The highest BCUT2D eigenvalue weighted by atomic mass is 35.5. The first kappa shape index (κ1) is 14.4. The average Bonchev–Trinajstić information content (AvgIpc) is 3.06. The molecule has 0 spiro atoms. The monoisotopic (exact) mass is 330 g/mol. The largest absolute Gasteiger partial charge is 0.236 e. The molecule has 0 fully saturated rings. The van der Waals surface area contributed by atoms with E-state index >= 15 is 0 Å². The van der Waals surface area contributed by atoms with Gasteiger partial charge in [-0.15, -0.1) is 0 Å². The van der Waals surface area contributed by atoms with Gasteiger partial charge in [0.15, 0.2) is 5.65 Å². The molecule has 0 saturated carbocycles. The molecule has 0 unspecified atom stereocenters. The molecule has 24 heavy (non-hydrogen) atoms. The fraction of sp³-hybridized carbons (Fsp3) is 0. The Morgan fingerprint density at radius 2 is 1.71 bits per heavy atom. The summed E-state index contributed by atoms with van der Waals surface area (Å²) in [6.07, 6.45) is 1.58. The van der Waals surface area contributed by atoms with Crippen molar-refractivity contribution in [3.8, 4) is 28.6 Å². The third-order valence-corrected chi connectivity index (χ3v) is 4.04. The van der Waals surface area contributed by atoms with Crippen LogP contribution in [0.4, 0.5) is 0 Å². The summed E-state index contributed by atoms with van der Waals surface area (Å²) in [6, 6.07) is 21.3. The lowest BCUT2D eigenvalue weighted by atomic mass is 10.1. The molecule has 2 aromatic heterocycles. The molecule has 0 saturated heterocycles. The zero-order valence-corrected chi connectivity index (χ0v) is 13.3. The number of fused-ring (bicyclic) bond motifs is 1. The summed E-state index contributed by atoms with van der Waals surface area (Å²) in [5, 5.41) is 14.8. The van der Waals surface area contributed by atoms with E-state index in [1.54, 1.807) is 22.8 Å². The molecular formula is C19H11ClN4. The van der Waals surface area contributed by atoms with Gasteiger partial charge in [-0.1, -0.05) is 54.1 Å². The Kier molecular flexibility index (Phi) is 3.49. The molecule has 0 aliphatic rings. The lowest BCUT2D eigenvalue weighted by Gasteiger charge is -2.07. The molecule has 4 rings (SSSR count). The minimum Gasteiger partial charge on any atom is -0.236 e. The van der Waals surface area contributed by atoms with Gasteiger partial charge in [0.05, 0.1) is 17.0 Å². The number of hydrogen-bond donors (Lipinski definition) is 0. The third kappa shape index (κ3) is 2.41. The normalized spacial score (nSPS) is 10.7. The molecule has 0 aliphatic carbocycles. The van der Waals surface area contributed by atoms with Crippen molar-refractivity contribution in [2.75, 3.05) is 0 Å². The van der Waals surface area contributed by atoms with Gasteiger partial charge in [0.2, 0.25) is 0 Å². The molecule has 0 radical (unpaired) electrons. The van der Waals surface area contributed by atoms with Crippen molar-refractivity contribution < 1.29 is 0 Å². The second kappa shape index (κ2) is 5.80. The van der Waals surface area contributed by atoms with Gasteiger partial charge in [0.1, 0.15) is 6.07 Å². The molecule has 2 heterocycles. The number of halogens is 1. The second-order valence-electron chi connectivity index (χ2n) is 5.30. The number of rotatable bonds is 2. The van der Waals surface area contributed by atoms with Crippen molar-refractivity contribution >= 4 is 17.2 Å². The third-order valence-electron chi connectivity index (χ3n) is 3.79. The van der Waals surface area contributed by atoms with Gasteiger partial charge in [-0.3, -0.25) is 0 Å². The first-order valence-electron chi connectivity index (χ1n) is 7.36. The van der Waals surface area contributed by atoms with Crippen LogP contribution in [-0.4, -0.2) is 14.6 Å². The number of aromatic nitrogens is 3. The maximum Gasteiger partial charge on any atom is 0.156 e. The quantitative estimate of drug-likeness (QED) is 0.540. The second-order valence-corrected chi connectivity index (χ2v) is 5.74. The summed E-state index contributed by atoms with van der Waals surface area (Å²) in [5.74, 6) is 0. The van der Waals surface area contributed by atoms with Gasteiger partial charge < -0.3 is 0 Å². The van der Waals surface area contributed by atoms with Crippen LogP contribution in [0.2, 0.25) is 5.02 Å². The highest BCUT2D eigenvalue weighted by Gasteiger charge is 2.14. The Labute approximate surface area is 143 Å². The van der Waals surface area contributed by atoms with E-state index in [2.05, 4.69) is 16.2 Å². The zero-order chi connectivity index (χ0) is 16.5. The first-order chi connectivity index (χ1) is 11.8. The Balaban J connectivity index is 1.99. The van der Waals surface area contributed by atoms with Crippen LogP contribution < -0.4 is 0 Å². The minimum absolute atomic E-state index is 0.465. The van der Waals surface area contributed by atoms with Crippen molar-refractivity contribution in [2.45, 2.75) is 0 Å². The number of nitrogens with zero attached hydrogens (tertiary/aromatic N) is 4. The maximum absolute atomic E-state index is 9.46. The topological polar surface area (TPSA) is 54.0 Å². The zero-order valence-electron chi connectivity index (χ0n) is 12.5. The minimum atomic E-state index is 0.465. The summed E-state index contributed by atoms with van der Waals surface area (Å²) >= 11 is 5.98. The summed E-state index contributed by atoms with van der Waals surface area (Å²) < 4.78 is 1.71. The predicted octanol–water partition coefficient (Wildman–Crippen LogP) is 4.59. The van der Waals surface area contributed by atoms with E-state index in [9.17, 15) is 5.26 Å². The van der Waals surface area contributed by atoms with Gasteiger partial charge >= 0.3 is 0 Å². The smallest absolute Gasteiger partial charge is 0.156 e. The number of nitriles is 1. The molecule has 0 atom stereocenters. The van der Waals surface area contributed by atoms with Crippen molar-refractivity contribution in [2.24, 2.45) is 0 Å². The van der Waals surface area contributed by atoms with Crippen LogP contribution in [0.15, 0.2) is 66.9 Å². The maximum atomic E-state index is 9.46. The average molecular weight is 331 g/mol. The van der Waals surface area contributed by atoms with Crippen molar-refractivity contribution in [1.29, 1.82) is 5.26 Å². The van der Waals surface area contributed by atoms with Crippen LogP contribution in [0.25, 0.3) is 28.2 Å². The molecule has 4 aromatic rings. The van der Waals surface area contributed by atoms with Crippen molar-refractivity contribution in [3.63, 3.8) is 0 Å². The number of benzene rings is 2. The van der Waals surface area contributed by atoms with Gasteiger partial charge in [0, 0.05) is 28.4 Å². The summed E-state index contributed by atoms with van der Waals surface area (Å²) in [5.41, 5.74) is 4.55. The highest BCUT2D eigenvalue weighted by molar-refractivity contribution is 6.30. The standard InChI is InChI=1S/C19H11ClN4/c20-16-8-6-14(7-9-16)19-15(11-21)12-22-18-10-17(23-24(18)19)13-4-2-1-3-5-13/h1-10,12H. The van der Waals surface area contributed by atoms with Crippen LogP contribution in [-0.2, 0) is 0 Å². The van der Waals surface area contributed by atoms with E-state index in [0.29, 0.717) is 21.9 Å². The SMILES string of the molecule is N#Cc1cnc2cc(-c3ccccc3)nn2c1-c1ccc(Cl)cc1. The lowest BCUT2D eigenvalue weighted by molar-refractivity contribution is 0.947. The summed E-state index contributed by atoms with van der Waals surface area (Å²) in [7, 11) is 0. The van der Waals surface area contributed by atoms with Crippen molar-refractivity contribution in [1.82, 2.24) is 14.6 Å². The Morgan fingerprint density at radius 1 is 0.958 bits per heavy atom. The molecule has 114 valence electrons. The molecule has 4 nitrogen and oxygen atoms in total. The lowest BCUT2D eigenvalue weighted by Crippen LogP contribution is -1.99. The van der Waals surface area contributed by atoms with Crippen LogP contribution in [0.5, 0.6) is 0 Å². The van der Waals surface area contributed by atoms with Crippen LogP contribution in [0.1, 0.15) is 5.56 Å². The van der Waals surface area contributed by atoms with Gasteiger partial charge in [-0.25, -0.2) is 9.50 Å². The van der Waals surface area contributed by atoms with E-state index in [1.807, 2.05) is 48.5 Å². The van der Waals surface area contributed by atoms with E-state index in [4.69, 9.17) is 11.6 Å². The molecule has 0 amide bonds. The molecule has 0 bridgehead atoms. The summed E-state index contributed by atoms with van der Waals surface area (Å²) in [4.78, 5) is 4.35. The molecule has 0 N–H and O–H groups in total. The molecule has 2 aromatic carbocycles. The van der Waals surface area contributed by atoms with Crippen LogP contribution in [0.3, 0.4) is 0 Å². The predicted molar refractivity (Wildman–Crippen MR) is 93.6 cm³/mol.